The lowest BCUT2D eigenvalue weighted by Gasteiger charge is -2.23. The molecule has 106 valence electrons. The molecule has 0 aliphatic carbocycles. The van der Waals surface area contributed by atoms with Gasteiger partial charge in [0.25, 0.3) is 5.91 Å². The second-order valence-corrected chi connectivity index (χ2v) is 5.26. The molecule has 1 heterocycles. The predicted octanol–water partition coefficient (Wildman–Crippen LogP) is 1.97. The number of fused-ring (bicyclic) bond motifs is 1. The summed E-state index contributed by atoms with van der Waals surface area (Å²) >= 11 is 0. The molecule has 5 nitrogen and oxygen atoms in total. The van der Waals surface area contributed by atoms with Gasteiger partial charge in [0.15, 0.2) is 0 Å². The summed E-state index contributed by atoms with van der Waals surface area (Å²) in [7, 11) is 1.61. The number of aromatic nitrogens is 1. The summed E-state index contributed by atoms with van der Waals surface area (Å²) in [6.07, 6.45) is 0. The molecule has 0 bridgehead atoms. The predicted molar refractivity (Wildman–Crippen MR) is 79.6 cm³/mol. The number of nitrogens with two attached hydrogens (primary N) is 1. The molecule has 1 aromatic carbocycles. The van der Waals surface area contributed by atoms with E-state index >= 15 is 0 Å². The van der Waals surface area contributed by atoms with Crippen LogP contribution >= 0.6 is 0 Å². The van der Waals surface area contributed by atoms with Gasteiger partial charge < -0.3 is 15.8 Å². The Morgan fingerprint density at radius 2 is 2.10 bits per heavy atom. The molecule has 0 saturated carbocycles. The van der Waals surface area contributed by atoms with Crippen LogP contribution in [0.5, 0.6) is 0 Å². The fraction of sp³-hybridized carbons (Fsp3) is 0.333. The molecule has 2 aromatic rings. The minimum atomic E-state index is -0.419. The van der Waals surface area contributed by atoms with Crippen molar-refractivity contribution < 1.29 is 9.53 Å². The van der Waals surface area contributed by atoms with Gasteiger partial charge in [-0.3, -0.25) is 4.79 Å². The number of hydrogen-bond acceptors (Lipinski definition) is 4. The summed E-state index contributed by atoms with van der Waals surface area (Å²) in [6, 6.07) is 9.32. The summed E-state index contributed by atoms with van der Waals surface area (Å²) in [6.45, 7) is 4.20. The van der Waals surface area contributed by atoms with Crippen molar-refractivity contribution in [1.82, 2.24) is 10.3 Å². The summed E-state index contributed by atoms with van der Waals surface area (Å²) in [5.41, 5.74) is 5.78. The van der Waals surface area contributed by atoms with Crippen LogP contribution in [0, 0.1) is 0 Å². The van der Waals surface area contributed by atoms with Crippen molar-refractivity contribution in [3.05, 3.63) is 36.0 Å². The maximum atomic E-state index is 12.1. The van der Waals surface area contributed by atoms with Crippen molar-refractivity contribution >= 4 is 22.5 Å². The van der Waals surface area contributed by atoms with E-state index in [2.05, 4.69) is 10.3 Å². The number of nitrogens with zero attached hydrogens (tertiary/aromatic N) is 1. The van der Waals surface area contributed by atoms with Crippen LogP contribution in [-0.4, -0.2) is 30.1 Å². The first-order valence-corrected chi connectivity index (χ1v) is 6.41. The summed E-state index contributed by atoms with van der Waals surface area (Å²) in [5, 5.41) is 4.55. The van der Waals surface area contributed by atoms with Gasteiger partial charge in [-0.25, -0.2) is 4.98 Å². The standard InChI is InChI=1S/C15H19N3O2/c1-15(2,20-3)9-17-14(19)12-8-10-6-4-5-7-11(10)13(16)18-12/h4-8H,9H2,1-3H3,(H2,16,18)(H,17,19). The Balaban J connectivity index is 2.23. The average Bonchev–Trinajstić information content (AvgIpc) is 2.45. The van der Waals surface area contributed by atoms with Gasteiger partial charge >= 0.3 is 0 Å². The molecule has 0 atom stereocenters. The highest BCUT2D eigenvalue weighted by molar-refractivity contribution is 5.99. The number of methoxy groups -OCH3 is 1. The molecule has 2 rings (SSSR count). The number of nitrogens with one attached hydrogen (secondary N) is 1. The van der Waals surface area contributed by atoms with Crippen LogP contribution in [-0.2, 0) is 4.74 Å². The normalized spacial score (nSPS) is 11.6. The quantitative estimate of drug-likeness (QED) is 0.893. The second-order valence-electron chi connectivity index (χ2n) is 5.26. The molecule has 0 radical (unpaired) electrons. The summed E-state index contributed by atoms with van der Waals surface area (Å²) in [4.78, 5) is 16.3. The number of carbonyl (C=O) groups is 1. The summed E-state index contributed by atoms with van der Waals surface area (Å²) < 4.78 is 5.26. The van der Waals surface area contributed by atoms with Gasteiger partial charge in [-0.1, -0.05) is 24.3 Å². The Kier molecular flexibility index (Phi) is 3.90. The number of hydrogen-bond donors (Lipinski definition) is 2. The highest BCUT2D eigenvalue weighted by atomic mass is 16.5. The number of nitrogen functional groups attached to an aromatic ring is 1. The Hall–Kier alpha value is -2.14. The smallest absolute Gasteiger partial charge is 0.270 e. The van der Waals surface area contributed by atoms with Gasteiger partial charge in [-0.15, -0.1) is 0 Å². The van der Waals surface area contributed by atoms with Crippen molar-refractivity contribution in [1.29, 1.82) is 0 Å². The van der Waals surface area contributed by atoms with Crippen LogP contribution in [0.4, 0.5) is 5.82 Å². The molecule has 0 fully saturated rings. The fourth-order valence-electron chi connectivity index (χ4n) is 1.80. The third-order valence-electron chi connectivity index (χ3n) is 3.23. The zero-order valence-corrected chi connectivity index (χ0v) is 11.9. The number of anilines is 1. The molecule has 0 saturated heterocycles. The molecule has 0 aliphatic heterocycles. The van der Waals surface area contributed by atoms with Crippen molar-refractivity contribution in [3.63, 3.8) is 0 Å². The van der Waals surface area contributed by atoms with Crippen molar-refractivity contribution in [3.8, 4) is 0 Å². The Morgan fingerprint density at radius 3 is 2.80 bits per heavy atom. The number of rotatable bonds is 4. The number of amides is 1. The molecular weight excluding hydrogens is 254 g/mol. The van der Waals surface area contributed by atoms with Gasteiger partial charge in [0, 0.05) is 19.0 Å². The molecule has 1 aromatic heterocycles. The van der Waals surface area contributed by atoms with E-state index < -0.39 is 5.60 Å². The maximum absolute atomic E-state index is 12.1. The lowest BCUT2D eigenvalue weighted by molar-refractivity contribution is 0.0228. The monoisotopic (exact) mass is 273 g/mol. The maximum Gasteiger partial charge on any atom is 0.270 e. The lowest BCUT2D eigenvalue weighted by Crippen LogP contribution is -2.40. The highest BCUT2D eigenvalue weighted by Gasteiger charge is 2.18. The van der Waals surface area contributed by atoms with E-state index in [4.69, 9.17) is 10.5 Å². The van der Waals surface area contributed by atoms with Crippen molar-refractivity contribution in [2.24, 2.45) is 0 Å². The molecule has 3 N–H and O–H groups in total. The molecule has 0 spiro atoms. The number of pyridine rings is 1. The van der Waals surface area contributed by atoms with E-state index in [1.54, 1.807) is 13.2 Å². The van der Waals surface area contributed by atoms with E-state index in [0.29, 0.717) is 18.1 Å². The van der Waals surface area contributed by atoms with Crippen molar-refractivity contribution in [2.75, 3.05) is 19.4 Å². The summed E-state index contributed by atoms with van der Waals surface area (Å²) in [5.74, 6) is 0.104. The first-order chi connectivity index (χ1) is 9.43. The Bertz CT molecular complexity index is 638. The van der Waals surface area contributed by atoms with Crippen LogP contribution in [0.2, 0.25) is 0 Å². The van der Waals surface area contributed by atoms with E-state index in [0.717, 1.165) is 10.8 Å². The zero-order valence-electron chi connectivity index (χ0n) is 11.9. The van der Waals surface area contributed by atoms with Gasteiger partial charge in [-0.05, 0) is 25.3 Å². The van der Waals surface area contributed by atoms with Gasteiger partial charge in [0.1, 0.15) is 11.5 Å². The third-order valence-corrected chi connectivity index (χ3v) is 3.23. The molecule has 1 amide bonds. The minimum Gasteiger partial charge on any atom is -0.383 e. The first kappa shape index (κ1) is 14.3. The number of benzene rings is 1. The van der Waals surface area contributed by atoms with Gasteiger partial charge in [0.05, 0.1) is 5.60 Å². The van der Waals surface area contributed by atoms with Crippen LogP contribution in [0.25, 0.3) is 10.8 Å². The van der Waals surface area contributed by atoms with Crippen LogP contribution < -0.4 is 11.1 Å². The highest BCUT2D eigenvalue weighted by Crippen LogP contribution is 2.20. The SMILES string of the molecule is COC(C)(C)CNC(=O)c1cc2ccccc2c(N)n1. The van der Waals surface area contributed by atoms with E-state index in [9.17, 15) is 4.79 Å². The molecule has 20 heavy (non-hydrogen) atoms. The largest absolute Gasteiger partial charge is 0.383 e. The van der Waals surface area contributed by atoms with Gasteiger partial charge in [-0.2, -0.15) is 0 Å². The third kappa shape index (κ3) is 3.05. The van der Waals surface area contributed by atoms with Crippen molar-refractivity contribution in [2.45, 2.75) is 19.4 Å². The zero-order chi connectivity index (χ0) is 14.8. The van der Waals surface area contributed by atoms with Crippen LogP contribution in [0.1, 0.15) is 24.3 Å². The number of carbonyl (C=O) groups excluding carboxylic acids is 1. The first-order valence-electron chi connectivity index (χ1n) is 6.41. The average molecular weight is 273 g/mol. The van der Waals surface area contributed by atoms with E-state index in [1.165, 1.54) is 0 Å². The Morgan fingerprint density at radius 1 is 1.40 bits per heavy atom. The molecule has 0 unspecified atom stereocenters. The lowest BCUT2D eigenvalue weighted by atomic mass is 10.1. The topological polar surface area (TPSA) is 77.2 Å². The molecule has 5 heteroatoms. The van der Waals surface area contributed by atoms with E-state index in [1.807, 2.05) is 38.1 Å². The van der Waals surface area contributed by atoms with Gasteiger partial charge in [0.2, 0.25) is 0 Å². The van der Waals surface area contributed by atoms with Crippen LogP contribution in [0.3, 0.4) is 0 Å². The fourth-order valence-corrected chi connectivity index (χ4v) is 1.80. The minimum absolute atomic E-state index is 0.257. The Labute approximate surface area is 118 Å². The van der Waals surface area contributed by atoms with E-state index in [-0.39, 0.29) is 5.91 Å². The molecule has 0 aliphatic rings. The number of ether oxygens (including phenoxy) is 1. The van der Waals surface area contributed by atoms with Crippen LogP contribution in [0.15, 0.2) is 30.3 Å². The second kappa shape index (κ2) is 5.46. The molecular formula is C15H19N3O2.